The zero-order valence-electron chi connectivity index (χ0n) is 17.5. The topological polar surface area (TPSA) is 123 Å². The molecule has 3 aromatic rings. The second-order valence-corrected chi connectivity index (χ2v) is 7.26. The van der Waals surface area contributed by atoms with Gasteiger partial charge in [-0.05, 0) is 36.4 Å². The summed E-state index contributed by atoms with van der Waals surface area (Å²) < 4.78 is 29.1. The molecule has 1 aromatic heterocycles. The largest absolute Gasteiger partial charge is 0.497 e. The van der Waals surface area contributed by atoms with Crippen molar-refractivity contribution in [3.63, 3.8) is 0 Å². The van der Waals surface area contributed by atoms with Gasteiger partial charge in [-0.25, -0.2) is 9.29 Å². The first-order valence-electron chi connectivity index (χ1n) is 9.86. The Balaban J connectivity index is 1.36. The number of carbonyl (C=O) groups is 2. The molecular weight excluding hydrogens is 435 g/mol. The lowest BCUT2D eigenvalue weighted by atomic mass is 10.1. The highest BCUT2D eigenvalue weighted by atomic mass is 19.1. The van der Waals surface area contributed by atoms with E-state index in [2.05, 4.69) is 20.5 Å². The van der Waals surface area contributed by atoms with Crippen LogP contribution in [0.1, 0.15) is 5.89 Å². The quantitative estimate of drug-likeness (QED) is 0.523. The fourth-order valence-corrected chi connectivity index (χ4v) is 3.75. The Morgan fingerprint density at radius 1 is 1.06 bits per heavy atom. The molecule has 0 aliphatic carbocycles. The summed E-state index contributed by atoms with van der Waals surface area (Å²) in [5.41, 5.74) is 0.853. The molecule has 0 saturated carbocycles. The Labute approximate surface area is 186 Å². The second kappa shape index (κ2) is 7.97. The van der Waals surface area contributed by atoms with Gasteiger partial charge in [-0.15, -0.1) is 0 Å². The Kier molecular flexibility index (Phi) is 4.96. The number of halogens is 1. The minimum Gasteiger partial charge on any atom is -0.497 e. The van der Waals surface area contributed by atoms with Crippen LogP contribution in [0.2, 0.25) is 0 Å². The third-order valence-electron chi connectivity index (χ3n) is 5.36. The van der Waals surface area contributed by atoms with E-state index in [1.165, 1.54) is 36.4 Å². The smallest absolute Gasteiger partial charge is 0.263 e. The lowest BCUT2D eigenvalue weighted by Crippen LogP contribution is -2.39. The van der Waals surface area contributed by atoms with Crippen LogP contribution < -0.4 is 14.4 Å². The van der Waals surface area contributed by atoms with Gasteiger partial charge in [0.25, 0.3) is 11.8 Å². The second-order valence-electron chi connectivity index (χ2n) is 7.26. The molecule has 2 aliphatic heterocycles. The van der Waals surface area contributed by atoms with Crippen LogP contribution in [0.25, 0.3) is 11.4 Å². The Hall–Kier alpha value is -4.35. The molecule has 0 bridgehead atoms. The molecule has 0 N–H and O–H groups in total. The highest BCUT2D eigenvalue weighted by molar-refractivity contribution is 6.25. The number of anilines is 1. The van der Waals surface area contributed by atoms with Gasteiger partial charge in [-0.3, -0.25) is 14.6 Å². The van der Waals surface area contributed by atoms with Crippen molar-refractivity contribution in [2.75, 3.05) is 19.1 Å². The zero-order chi connectivity index (χ0) is 23.1. The molecule has 2 unspecified atom stereocenters. The first-order chi connectivity index (χ1) is 16.0. The first kappa shape index (κ1) is 20.5. The van der Waals surface area contributed by atoms with Gasteiger partial charge in [-0.1, -0.05) is 10.4 Å². The summed E-state index contributed by atoms with van der Waals surface area (Å²) in [5.74, 6) is 0.0317. The molecule has 33 heavy (non-hydrogen) atoms. The summed E-state index contributed by atoms with van der Waals surface area (Å²) in [5, 5.41) is 13.2. The van der Waals surface area contributed by atoms with E-state index in [1.807, 2.05) is 0 Å². The molecule has 5 rings (SSSR count). The maximum Gasteiger partial charge on any atom is 0.263 e. The van der Waals surface area contributed by atoms with Gasteiger partial charge in [0.2, 0.25) is 11.7 Å². The number of aromatic nitrogens is 2. The van der Waals surface area contributed by atoms with Crippen LogP contribution in [0.15, 0.2) is 57.3 Å². The van der Waals surface area contributed by atoms with Crippen LogP contribution >= 0.6 is 0 Å². The third kappa shape index (κ3) is 3.45. The number of rotatable bonds is 6. The van der Waals surface area contributed by atoms with E-state index in [-0.39, 0.29) is 23.9 Å². The normalized spacial score (nSPS) is 19.4. The number of ether oxygens (including phenoxy) is 2. The number of nitrogens with zero attached hydrogens (tertiary/aromatic N) is 6. The average molecular weight is 452 g/mol. The number of fused-ring (bicyclic) bond motifs is 1. The molecule has 1 fully saturated rings. The summed E-state index contributed by atoms with van der Waals surface area (Å²) in [6, 6.07) is 8.29. The standard InChI is InChI=1S/C21H17FN6O5/c1-31-13-7-8-14(15(9-13)32-2)19-23-16(33-25-19)10-27-18-17(24-26-27)20(29)28(21(18)30)12-5-3-11(22)4-6-12/h3-9,17-18H,10H2,1-2H3. The maximum absolute atomic E-state index is 13.2. The van der Waals surface area contributed by atoms with Crippen LogP contribution in [0.3, 0.4) is 0 Å². The van der Waals surface area contributed by atoms with Gasteiger partial charge >= 0.3 is 0 Å². The minimum atomic E-state index is -0.994. The van der Waals surface area contributed by atoms with E-state index in [0.717, 1.165) is 4.90 Å². The zero-order valence-corrected chi connectivity index (χ0v) is 17.5. The molecule has 12 heteroatoms. The summed E-state index contributed by atoms with van der Waals surface area (Å²) in [6.07, 6.45) is 0. The van der Waals surface area contributed by atoms with Crippen molar-refractivity contribution in [2.45, 2.75) is 18.6 Å². The number of benzene rings is 2. The molecule has 0 radical (unpaired) electrons. The van der Waals surface area contributed by atoms with Crippen molar-refractivity contribution in [3.05, 3.63) is 54.2 Å². The average Bonchev–Trinajstić information content (AvgIpc) is 3.52. The molecular formula is C21H17FN6O5. The third-order valence-corrected chi connectivity index (χ3v) is 5.36. The van der Waals surface area contributed by atoms with Gasteiger partial charge in [-0.2, -0.15) is 10.1 Å². The predicted octanol–water partition coefficient (Wildman–Crippen LogP) is 2.39. The Morgan fingerprint density at radius 3 is 2.58 bits per heavy atom. The fourth-order valence-electron chi connectivity index (χ4n) is 3.75. The van der Waals surface area contributed by atoms with E-state index < -0.39 is 29.7 Å². The number of methoxy groups -OCH3 is 2. The molecule has 168 valence electrons. The molecule has 11 nitrogen and oxygen atoms in total. The van der Waals surface area contributed by atoms with E-state index in [4.69, 9.17) is 14.0 Å². The number of carbonyl (C=O) groups excluding carboxylic acids is 2. The van der Waals surface area contributed by atoms with Crippen molar-refractivity contribution in [3.8, 4) is 22.9 Å². The van der Waals surface area contributed by atoms with Gasteiger partial charge in [0.05, 0.1) is 25.5 Å². The van der Waals surface area contributed by atoms with E-state index >= 15 is 0 Å². The van der Waals surface area contributed by atoms with Crippen LogP contribution in [-0.4, -0.2) is 53.3 Å². The summed E-state index contributed by atoms with van der Waals surface area (Å²) >= 11 is 0. The Morgan fingerprint density at radius 2 is 1.85 bits per heavy atom. The highest BCUT2D eigenvalue weighted by Crippen LogP contribution is 2.34. The number of hydrogen-bond donors (Lipinski definition) is 0. The number of hydrogen-bond acceptors (Lipinski definition) is 10. The van der Waals surface area contributed by atoms with Crippen LogP contribution in [0.4, 0.5) is 10.1 Å². The monoisotopic (exact) mass is 452 g/mol. The summed E-state index contributed by atoms with van der Waals surface area (Å²) in [6.45, 7) is -0.0353. The Bertz CT molecular complexity index is 1260. The van der Waals surface area contributed by atoms with Crippen molar-refractivity contribution in [1.29, 1.82) is 0 Å². The molecule has 0 spiro atoms. The van der Waals surface area contributed by atoms with E-state index in [9.17, 15) is 14.0 Å². The van der Waals surface area contributed by atoms with Crippen LogP contribution in [0, 0.1) is 5.82 Å². The van der Waals surface area contributed by atoms with Gasteiger partial charge in [0.1, 0.15) is 23.9 Å². The molecule has 3 heterocycles. The highest BCUT2D eigenvalue weighted by Gasteiger charge is 2.55. The summed E-state index contributed by atoms with van der Waals surface area (Å²) in [4.78, 5) is 31.1. The molecule has 2 aromatic carbocycles. The fraction of sp³-hybridized carbons (Fsp3) is 0.238. The molecule has 2 amide bonds. The van der Waals surface area contributed by atoms with Gasteiger partial charge in [0.15, 0.2) is 12.1 Å². The SMILES string of the molecule is COc1ccc(-c2noc(CN3N=NC4C(=O)N(c5ccc(F)cc5)C(=O)C43)n2)c(OC)c1. The molecule has 2 aliphatic rings. The van der Waals surface area contributed by atoms with Crippen molar-refractivity contribution in [1.82, 2.24) is 15.1 Å². The minimum absolute atomic E-state index is 0.0353. The van der Waals surface area contributed by atoms with Gasteiger partial charge in [0, 0.05) is 6.07 Å². The molecule has 2 atom stereocenters. The van der Waals surface area contributed by atoms with Crippen LogP contribution in [0.5, 0.6) is 11.5 Å². The number of imide groups is 1. The van der Waals surface area contributed by atoms with Crippen molar-refractivity contribution < 1.29 is 28.0 Å². The predicted molar refractivity (Wildman–Crippen MR) is 110 cm³/mol. The van der Waals surface area contributed by atoms with E-state index in [0.29, 0.717) is 17.1 Å². The van der Waals surface area contributed by atoms with E-state index in [1.54, 1.807) is 25.3 Å². The van der Waals surface area contributed by atoms with Crippen molar-refractivity contribution >= 4 is 17.5 Å². The number of amides is 2. The maximum atomic E-state index is 13.2. The molecule has 1 saturated heterocycles. The summed E-state index contributed by atoms with van der Waals surface area (Å²) in [7, 11) is 3.06. The van der Waals surface area contributed by atoms with Gasteiger partial charge < -0.3 is 14.0 Å². The lowest BCUT2D eigenvalue weighted by molar-refractivity contribution is -0.123. The first-order valence-corrected chi connectivity index (χ1v) is 9.86. The van der Waals surface area contributed by atoms with Crippen LogP contribution in [-0.2, 0) is 16.1 Å². The lowest BCUT2D eigenvalue weighted by Gasteiger charge is -2.19. The van der Waals surface area contributed by atoms with Crippen molar-refractivity contribution in [2.24, 2.45) is 10.3 Å².